The first-order valence-corrected chi connectivity index (χ1v) is 31.4. The van der Waals surface area contributed by atoms with E-state index in [1.807, 2.05) is 0 Å². The maximum atomic E-state index is 14.2. The zero-order chi connectivity index (χ0) is 70.7. The number of nitrogens with two attached hydrogens (primary N) is 5. The molecule has 35 nitrogen and oxygen atoms in total. The number of primary amides is 1. The summed E-state index contributed by atoms with van der Waals surface area (Å²) in [5, 5.41) is 72.8. The minimum atomic E-state index is -1.98. The van der Waals surface area contributed by atoms with Crippen molar-refractivity contribution in [1.82, 2.24) is 53.2 Å². The van der Waals surface area contributed by atoms with Crippen LogP contribution in [0.15, 0.2) is 29.3 Å². The van der Waals surface area contributed by atoms with Gasteiger partial charge in [-0.05, 0) is 113 Å². The van der Waals surface area contributed by atoms with Crippen molar-refractivity contribution in [2.24, 2.45) is 45.5 Å². The lowest BCUT2D eigenvalue weighted by Crippen LogP contribution is -2.62. The first-order chi connectivity index (χ1) is 43.6. The van der Waals surface area contributed by atoms with Crippen LogP contribution in [0.4, 0.5) is 0 Å². The number of hydrogen-bond donors (Lipinski definition) is 20. The molecular formula is C57H94N16O19S. The fourth-order valence-corrected chi connectivity index (χ4v) is 9.28. The summed E-state index contributed by atoms with van der Waals surface area (Å²) in [5.74, 6) is -17.5. The van der Waals surface area contributed by atoms with Crippen LogP contribution < -0.4 is 81.8 Å². The number of phenols is 1. The number of unbranched alkanes of at least 4 members (excludes halogenated alkanes) is 1. The van der Waals surface area contributed by atoms with E-state index in [2.05, 4.69) is 58.2 Å². The molecule has 0 aliphatic heterocycles. The summed E-state index contributed by atoms with van der Waals surface area (Å²) in [6.07, 6.45) is -2.81. The van der Waals surface area contributed by atoms with Crippen molar-refractivity contribution in [3.63, 3.8) is 0 Å². The molecule has 1 aromatic carbocycles. The minimum Gasteiger partial charge on any atom is -0.508 e. The number of hydrogen-bond acceptors (Lipinski definition) is 20. The first-order valence-electron chi connectivity index (χ1n) is 30.0. The van der Waals surface area contributed by atoms with Crippen LogP contribution in [0.25, 0.3) is 0 Å². The molecule has 1 aromatic rings. The van der Waals surface area contributed by atoms with Gasteiger partial charge in [0.15, 0.2) is 5.96 Å². The van der Waals surface area contributed by atoms with E-state index in [0.717, 1.165) is 6.92 Å². The van der Waals surface area contributed by atoms with Gasteiger partial charge < -0.3 is 107 Å². The summed E-state index contributed by atoms with van der Waals surface area (Å²) in [6.45, 7) is 7.18. The molecule has 0 saturated heterocycles. The predicted molar refractivity (Wildman–Crippen MR) is 337 cm³/mol. The monoisotopic (exact) mass is 1340 g/mol. The van der Waals surface area contributed by atoms with Crippen LogP contribution in [0, 0.1) is 11.8 Å². The molecule has 522 valence electrons. The Kier molecular flexibility index (Phi) is 38.0. The van der Waals surface area contributed by atoms with E-state index >= 15 is 0 Å². The molecule has 93 heavy (non-hydrogen) atoms. The molecule has 0 aromatic heterocycles. The van der Waals surface area contributed by atoms with Crippen LogP contribution in [-0.4, -0.2) is 213 Å². The highest BCUT2D eigenvalue weighted by molar-refractivity contribution is 7.98. The average molecular weight is 1340 g/mol. The fourth-order valence-electron chi connectivity index (χ4n) is 8.81. The molecule has 12 atom stereocenters. The molecule has 25 N–H and O–H groups in total. The summed E-state index contributed by atoms with van der Waals surface area (Å²) in [6, 6.07) is -10.5. The summed E-state index contributed by atoms with van der Waals surface area (Å²) in [7, 11) is 0. The lowest BCUT2D eigenvalue weighted by atomic mass is 9.96. The molecule has 1 rings (SSSR count). The van der Waals surface area contributed by atoms with E-state index in [1.54, 1.807) is 27.0 Å². The van der Waals surface area contributed by atoms with Gasteiger partial charge in [0.05, 0.1) is 31.5 Å². The standard InChI is InChI=1S/C57H94N16O19S/c1-7-29(4)45(72-53(88)40(26-44(80)81)71-55(90)46(30(5)74)73-47(82)33(59)24-31-13-15-32(75)16-14-31)54(89)68-35(17-18-43(78)79)50(85)67-36(19-22-93-6)51(86)70-39(25-41(60)76)52(87)66-34(12-10-21-63-57(61)62)49(84)69-38(23-28(2)3)48(83)64-27-42(77)65-37(56(91)92)11-8-9-20-58/h13-16,28-30,33-40,45-46,74-75H,7-12,17-27,58-59H2,1-6H3,(H2,60,76)(H,64,83)(H,65,77)(H,66,87)(H,67,85)(H,68,89)(H,69,84)(H,70,86)(H,71,90)(H,72,88)(H,73,82)(H,78,79)(H,80,81)(H,91,92)(H4,61,62,63)/t29?,30?,33-,34-,35-,36-,37-,38-,39-,40-,45-,46-/m0/s1. The molecular weight excluding hydrogens is 1240 g/mol. The van der Waals surface area contributed by atoms with Crippen molar-refractivity contribution < 1.29 is 92.7 Å². The van der Waals surface area contributed by atoms with Gasteiger partial charge in [0.1, 0.15) is 60.1 Å². The van der Waals surface area contributed by atoms with Crippen molar-refractivity contribution in [3.8, 4) is 5.75 Å². The third kappa shape index (κ3) is 32.8. The van der Waals surface area contributed by atoms with Gasteiger partial charge in [-0.25, -0.2) is 4.79 Å². The Morgan fingerprint density at radius 1 is 0.559 bits per heavy atom. The van der Waals surface area contributed by atoms with Gasteiger partial charge in [-0.3, -0.25) is 67.3 Å². The Morgan fingerprint density at radius 3 is 1.57 bits per heavy atom. The van der Waals surface area contributed by atoms with Crippen LogP contribution in [-0.2, 0) is 73.5 Å². The second-order valence-electron chi connectivity index (χ2n) is 22.5. The van der Waals surface area contributed by atoms with Gasteiger partial charge >= 0.3 is 17.9 Å². The van der Waals surface area contributed by atoms with Crippen LogP contribution in [0.5, 0.6) is 5.75 Å². The number of carbonyl (C=O) groups is 14. The van der Waals surface area contributed by atoms with Crippen molar-refractivity contribution >= 4 is 101 Å². The summed E-state index contributed by atoms with van der Waals surface area (Å²) < 4.78 is 0. The summed E-state index contributed by atoms with van der Waals surface area (Å²) in [4.78, 5) is 190. The Hall–Kier alpha value is -8.90. The smallest absolute Gasteiger partial charge is 0.326 e. The molecule has 0 saturated carbocycles. The van der Waals surface area contributed by atoms with E-state index in [9.17, 15) is 92.7 Å². The van der Waals surface area contributed by atoms with Crippen molar-refractivity contribution in [1.29, 1.82) is 0 Å². The van der Waals surface area contributed by atoms with Crippen molar-refractivity contribution in [3.05, 3.63) is 29.8 Å². The van der Waals surface area contributed by atoms with E-state index in [-0.39, 0.29) is 74.9 Å². The quantitative estimate of drug-likeness (QED) is 0.0164. The van der Waals surface area contributed by atoms with Crippen LogP contribution in [0.1, 0.15) is 117 Å². The topological polar surface area (TPSA) is 603 Å². The molecule has 0 aliphatic rings. The lowest BCUT2D eigenvalue weighted by molar-refractivity contribution is -0.142. The number of aliphatic carboxylic acids is 3. The first kappa shape index (κ1) is 82.1. The molecule has 2 unspecified atom stereocenters. The lowest BCUT2D eigenvalue weighted by Gasteiger charge is -2.29. The number of nitrogens with zero attached hydrogens (tertiary/aromatic N) is 1. The molecule has 0 spiro atoms. The van der Waals surface area contributed by atoms with Crippen molar-refractivity contribution in [2.45, 2.75) is 185 Å². The number of carboxylic acid groups (broad SMARTS) is 3. The normalized spacial score (nSPS) is 14.9. The number of benzene rings is 1. The SMILES string of the molecule is CCC(C)[C@H](NC(=O)[C@H](CC(=O)O)NC(=O)[C@@H](NC(=O)[C@@H](N)Cc1ccc(O)cc1)C(C)O)C(=O)N[C@@H](CCC(=O)O)C(=O)N[C@@H](CCSC)C(=O)N[C@@H](CC(N)=O)C(=O)N[C@@H](CCCN=C(N)N)C(=O)N[C@@H](CC(C)C)C(=O)NCC(=O)N[C@@H](CCCCN)C(=O)O. The Morgan fingerprint density at radius 2 is 1.05 bits per heavy atom. The number of aromatic hydroxyl groups is 1. The highest BCUT2D eigenvalue weighted by Gasteiger charge is 2.38. The number of nitrogens with one attached hydrogen (secondary N) is 10. The predicted octanol–water partition coefficient (Wildman–Crippen LogP) is -5.55. The zero-order valence-corrected chi connectivity index (χ0v) is 53.8. The number of rotatable bonds is 46. The number of thioether (sulfide) groups is 1. The third-order valence-electron chi connectivity index (χ3n) is 14.1. The number of aliphatic hydroxyl groups is 1. The van der Waals surface area contributed by atoms with Gasteiger partial charge in [0.25, 0.3) is 0 Å². The van der Waals surface area contributed by atoms with E-state index in [1.165, 1.54) is 43.0 Å². The average Bonchev–Trinajstić information content (AvgIpc) is 0.943. The third-order valence-corrected chi connectivity index (χ3v) is 14.7. The number of phenolic OH excluding ortho intramolecular Hbond substituents is 1. The largest absolute Gasteiger partial charge is 0.508 e. The van der Waals surface area contributed by atoms with Gasteiger partial charge in [-0.2, -0.15) is 11.8 Å². The number of aliphatic imine (C=N–C) groups is 1. The molecule has 0 bridgehead atoms. The Balaban J connectivity index is 3.55. The summed E-state index contributed by atoms with van der Waals surface area (Å²) >= 11 is 1.20. The molecule has 36 heteroatoms. The van der Waals surface area contributed by atoms with Crippen LogP contribution in [0.2, 0.25) is 0 Å². The number of carboxylic acids is 3. The van der Waals surface area contributed by atoms with Crippen LogP contribution in [0.3, 0.4) is 0 Å². The minimum absolute atomic E-state index is 0.0139. The van der Waals surface area contributed by atoms with Gasteiger partial charge in [-0.15, -0.1) is 0 Å². The van der Waals surface area contributed by atoms with Gasteiger partial charge in [-0.1, -0.05) is 46.2 Å². The van der Waals surface area contributed by atoms with E-state index < -0.39 is 188 Å². The van der Waals surface area contributed by atoms with Gasteiger partial charge in [0.2, 0.25) is 65.0 Å². The number of guanidine groups is 1. The maximum absolute atomic E-state index is 14.2. The highest BCUT2D eigenvalue weighted by atomic mass is 32.2. The molecule has 0 aliphatic carbocycles. The number of aliphatic hydroxyl groups excluding tert-OH is 1. The Bertz CT molecular complexity index is 2740. The summed E-state index contributed by atoms with van der Waals surface area (Å²) in [5.41, 5.74) is 28.5. The number of carbonyl (C=O) groups excluding carboxylic acids is 11. The molecule has 11 amide bonds. The van der Waals surface area contributed by atoms with Crippen molar-refractivity contribution in [2.75, 3.05) is 31.6 Å². The second kappa shape index (κ2) is 43.0. The number of amides is 11. The fraction of sp³-hybridized carbons (Fsp3) is 0.632. The Labute approximate surface area is 541 Å². The van der Waals surface area contributed by atoms with E-state index in [0.29, 0.717) is 24.9 Å². The molecule has 0 fully saturated rings. The molecule has 0 radical (unpaired) electrons. The van der Waals surface area contributed by atoms with E-state index in [4.69, 9.17) is 28.7 Å². The van der Waals surface area contributed by atoms with Gasteiger partial charge in [0, 0.05) is 13.0 Å². The molecule has 0 heterocycles. The second-order valence-corrected chi connectivity index (χ2v) is 23.4. The highest BCUT2D eigenvalue weighted by Crippen LogP contribution is 2.15. The zero-order valence-electron chi connectivity index (χ0n) is 53.0. The maximum Gasteiger partial charge on any atom is 0.326 e. The van der Waals surface area contributed by atoms with Crippen LogP contribution >= 0.6 is 11.8 Å².